The van der Waals surface area contributed by atoms with Crippen molar-refractivity contribution in [3.8, 4) is 0 Å². The number of carbonyl (C=O) groups is 2. The Balaban J connectivity index is 2.14. The summed E-state index contributed by atoms with van der Waals surface area (Å²) >= 11 is 0. The van der Waals surface area contributed by atoms with Crippen molar-refractivity contribution in [3.63, 3.8) is 0 Å². The Hall–Kier alpha value is -2.76. The van der Waals surface area contributed by atoms with E-state index in [2.05, 4.69) is 41.4 Å². The van der Waals surface area contributed by atoms with Crippen molar-refractivity contribution in [3.05, 3.63) is 60.2 Å². The number of nitrogens with one attached hydrogen (secondary N) is 2. The minimum atomic E-state index is -0.677. The van der Waals surface area contributed by atoms with Gasteiger partial charge in [-0.3, -0.25) is 14.6 Å². The zero-order valence-corrected chi connectivity index (χ0v) is 16.9. The molecule has 0 aliphatic carbocycles. The summed E-state index contributed by atoms with van der Waals surface area (Å²) in [7, 11) is 0. The zero-order chi connectivity index (χ0) is 20.4. The van der Waals surface area contributed by atoms with E-state index in [-0.39, 0.29) is 17.6 Å². The lowest BCUT2D eigenvalue weighted by Crippen LogP contribution is -2.51. The van der Waals surface area contributed by atoms with Gasteiger partial charge in [0, 0.05) is 24.9 Å². The van der Waals surface area contributed by atoms with Crippen LogP contribution in [0.5, 0.6) is 0 Å². The Kier molecular flexibility index (Phi) is 8.59. The molecule has 1 aromatic carbocycles. The molecule has 0 fully saturated rings. The molecule has 6 heteroatoms. The molecule has 1 heterocycles. The fraction of sp³-hybridized carbons (Fsp3) is 0.455. The molecular formula is C22H30N4O2. The minimum absolute atomic E-state index is 0.101. The average Bonchev–Trinajstić information content (AvgIpc) is 2.68. The van der Waals surface area contributed by atoms with Crippen LogP contribution in [-0.2, 0) is 11.2 Å². The highest BCUT2D eigenvalue weighted by Gasteiger charge is 2.25. The monoisotopic (exact) mass is 382 g/mol. The molecule has 2 N–H and O–H groups in total. The first-order valence-electron chi connectivity index (χ1n) is 9.90. The fourth-order valence-electron chi connectivity index (χ4n) is 3.18. The van der Waals surface area contributed by atoms with E-state index in [4.69, 9.17) is 0 Å². The maximum Gasteiger partial charge on any atom is 0.272 e. The standard InChI is InChI=1S/C22H30N4O2/c1-4-8-18(13-16(2)3)25-21(27)19(14-17-9-6-5-7-10-17)26-22(28)20-15-23-11-12-24-20/h5-7,9-12,15-16,18-19H,4,8,13-14H2,1-3H3,(H,25,27)(H,26,28)/t18-,19+/m1/s1. The maximum absolute atomic E-state index is 13.0. The van der Waals surface area contributed by atoms with E-state index < -0.39 is 11.9 Å². The molecule has 0 bridgehead atoms. The Morgan fingerprint density at radius 3 is 2.43 bits per heavy atom. The van der Waals surface area contributed by atoms with Crippen LogP contribution >= 0.6 is 0 Å². The van der Waals surface area contributed by atoms with Gasteiger partial charge in [0.15, 0.2) is 0 Å². The van der Waals surface area contributed by atoms with Crippen molar-refractivity contribution in [2.45, 2.75) is 58.5 Å². The Morgan fingerprint density at radius 1 is 1.07 bits per heavy atom. The number of nitrogens with zero attached hydrogens (tertiary/aromatic N) is 2. The van der Waals surface area contributed by atoms with Crippen LogP contribution in [-0.4, -0.2) is 33.9 Å². The van der Waals surface area contributed by atoms with Gasteiger partial charge in [-0.25, -0.2) is 4.98 Å². The number of rotatable bonds is 10. The molecule has 0 aliphatic heterocycles. The van der Waals surface area contributed by atoms with Crippen LogP contribution in [0.4, 0.5) is 0 Å². The first-order chi connectivity index (χ1) is 13.5. The highest BCUT2D eigenvalue weighted by Crippen LogP contribution is 2.11. The topological polar surface area (TPSA) is 84.0 Å². The van der Waals surface area contributed by atoms with Crippen LogP contribution in [0.1, 0.15) is 56.1 Å². The molecule has 150 valence electrons. The number of benzene rings is 1. The quantitative estimate of drug-likeness (QED) is 0.661. The van der Waals surface area contributed by atoms with Gasteiger partial charge in [-0.15, -0.1) is 0 Å². The molecule has 2 rings (SSSR count). The van der Waals surface area contributed by atoms with E-state index in [9.17, 15) is 9.59 Å². The number of amides is 2. The average molecular weight is 383 g/mol. The van der Waals surface area contributed by atoms with E-state index >= 15 is 0 Å². The third-order valence-corrected chi connectivity index (χ3v) is 4.44. The lowest BCUT2D eigenvalue weighted by Gasteiger charge is -2.24. The smallest absolute Gasteiger partial charge is 0.272 e. The summed E-state index contributed by atoms with van der Waals surface area (Å²) in [6.07, 6.45) is 7.60. The van der Waals surface area contributed by atoms with Crippen molar-refractivity contribution < 1.29 is 9.59 Å². The molecule has 0 saturated carbocycles. The van der Waals surface area contributed by atoms with E-state index in [0.717, 1.165) is 24.8 Å². The summed E-state index contributed by atoms with van der Waals surface area (Å²) in [5, 5.41) is 5.97. The van der Waals surface area contributed by atoms with Crippen LogP contribution in [0.3, 0.4) is 0 Å². The highest BCUT2D eigenvalue weighted by molar-refractivity contribution is 5.96. The van der Waals surface area contributed by atoms with Crippen LogP contribution in [0.15, 0.2) is 48.9 Å². The van der Waals surface area contributed by atoms with E-state index in [1.54, 1.807) is 0 Å². The van der Waals surface area contributed by atoms with Gasteiger partial charge < -0.3 is 10.6 Å². The molecule has 2 amide bonds. The number of hydrogen-bond donors (Lipinski definition) is 2. The minimum Gasteiger partial charge on any atom is -0.352 e. The van der Waals surface area contributed by atoms with E-state index in [1.807, 2.05) is 30.3 Å². The van der Waals surface area contributed by atoms with Crippen molar-refractivity contribution in [2.75, 3.05) is 0 Å². The van der Waals surface area contributed by atoms with Crippen molar-refractivity contribution >= 4 is 11.8 Å². The summed E-state index contributed by atoms with van der Waals surface area (Å²) in [6, 6.07) is 9.10. The second kappa shape index (κ2) is 11.2. The number of aromatic nitrogens is 2. The molecule has 1 aromatic heterocycles. The fourth-order valence-corrected chi connectivity index (χ4v) is 3.18. The second-order valence-electron chi connectivity index (χ2n) is 7.43. The van der Waals surface area contributed by atoms with Gasteiger partial charge in [0.1, 0.15) is 11.7 Å². The Morgan fingerprint density at radius 2 is 1.82 bits per heavy atom. The maximum atomic E-state index is 13.0. The molecule has 0 unspecified atom stereocenters. The van der Waals surface area contributed by atoms with Crippen LogP contribution in [0.2, 0.25) is 0 Å². The molecule has 28 heavy (non-hydrogen) atoms. The SMILES string of the molecule is CCC[C@H](CC(C)C)NC(=O)[C@H](Cc1ccccc1)NC(=O)c1cnccn1. The molecule has 0 spiro atoms. The van der Waals surface area contributed by atoms with Gasteiger partial charge in [-0.05, 0) is 24.3 Å². The van der Waals surface area contributed by atoms with Gasteiger partial charge in [0.05, 0.1) is 6.20 Å². The molecule has 0 radical (unpaired) electrons. The molecule has 2 aromatic rings. The molecule has 6 nitrogen and oxygen atoms in total. The van der Waals surface area contributed by atoms with Gasteiger partial charge in [-0.2, -0.15) is 0 Å². The van der Waals surface area contributed by atoms with Crippen molar-refractivity contribution in [1.82, 2.24) is 20.6 Å². The first-order valence-corrected chi connectivity index (χ1v) is 9.90. The zero-order valence-electron chi connectivity index (χ0n) is 16.9. The predicted molar refractivity (Wildman–Crippen MR) is 110 cm³/mol. The van der Waals surface area contributed by atoms with Crippen LogP contribution < -0.4 is 10.6 Å². The molecule has 0 aliphatic rings. The second-order valence-corrected chi connectivity index (χ2v) is 7.43. The van der Waals surface area contributed by atoms with E-state index in [1.165, 1.54) is 18.6 Å². The lowest BCUT2D eigenvalue weighted by atomic mass is 9.98. The van der Waals surface area contributed by atoms with Crippen molar-refractivity contribution in [2.24, 2.45) is 5.92 Å². The first kappa shape index (κ1) is 21.5. The van der Waals surface area contributed by atoms with Gasteiger partial charge in [-0.1, -0.05) is 57.5 Å². The number of carbonyl (C=O) groups excluding carboxylic acids is 2. The largest absolute Gasteiger partial charge is 0.352 e. The molecule has 2 atom stereocenters. The third-order valence-electron chi connectivity index (χ3n) is 4.44. The van der Waals surface area contributed by atoms with Crippen molar-refractivity contribution in [1.29, 1.82) is 0 Å². The van der Waals surface area contributed by atoms with Crippen LogP contribution in [0, 0.1) is 5.92 Å². The van der Waals surface area contributed by atoms with Gasteiger partial charge in [0.25, 0.3) is 5.91 Å². The van der Waals surface area contributed by atoms with Crippen LogP contribution in [0.25, 0.3) is 0 Å². The number of hydrogen-bond acceptors (Lipinski definition) is 4. The highest BCUT2D eigenvalue weighted by atomic mass is 16.2. The van der Waals surface area contributed by atoms with E-state index in [0.29, 0.717) is 12.3 Å². The molecular weight excluding hydrogens is 352 g/mol. The summed E-state index contributed by atoms with van der Waals surface area (Å²) in [5.74, 6) is -0.0844. The summed E-state index contributed by atoms with van der Waals surface area (Å²) < 4.78 is 0. The predicted octanol–water partition coefficient (Wildman–Crippen LogP) is 3.15. The Bertz CT molecular complexity index is 735. The summed E-state index contributed by atoms with van der Waals surface area (Å²) in [4.78, 5) is 33.5. The Labute approximate surface area is 167 Å². The molecule has 0 saturated heterocycles. The lowest BCUT2D eigenvalue weighted by molar-refractivity contribution is -0.123. The third kappa shape index (κ3) is 7.10. The normalized spacial score (nSPS) is 13.0. The summed E-state index contributed by atoms with van der Waals surface area (Å²) in [6.45, 7) is 6.40. The van der Waals surface area contributed by atoms with Gasteiger partial charge >= 0.3 is 0 Å². The van der Waals surface area contributed by atoms with Gasteiger partial charge in [0.2, 0.25) is 5.91 Å². The summed E-state index contributed by atoms with van der Waals surface area (Å²) in [5.41, 5.74) is 1.18.